The van der Waals surface area contributed by atoms with Crippen LogP contribution in [0.1, 0.15) is 5.69 Å². The second-order valence-electron chi connectivity index (χ2n) is 4.57. The van der Waals surface area contributed by atoms with Gasteiger partial charge in [-0.25, -0.2) is 0 Å². The molecule has 1 aromatic carbocycles. The Morgan fingerprint density at radius 3 is 2.38 bits per heavy atom. The summed E-state index contributed by atoms with van der Waals surface area (Å²) in [5.74, 6) is 2.47. The van der Waals surface area contributed by atoms with E-state index in [1.54, 1.807) is 39.5 Å². The summed E-state index contributed by atoms with van der Waals surface area (Å²) < 4.78 is 26.4. The van der Waals surface area contributed by atoms with Gasteiger partial charge in [0.05, 0.1) is 27.0 Å². The Balaban J connectivity index is 1.84. The normalized spacial score (nSPS) is 10.6. The second kappa shape index (κ2) is 7.26. The van der Waals surface area contributed by atoms with Crippen LogP contribution in [-0.4, -0.2) is 36.7 Å². The Hall–Kier alpha value is -2.68. The van der Waals surface area contributed by atoms with Gasteiger partial charge in [-0.2, -0.15) is 0 Å². The molecule has 0 amide bonds. The summed E-state index contributed by atoms with van der Waals surface area (Å²) in [5, 5.41) is 12.3. The molecule has 0 aliphatic carbocycles. The van der Waals surface area contributed by atoms with Gasteiger partial charge in [0.25, 0.3) is 5.22 Å². The smallest absolute Gasteiger partial charge is 0.277 e. The first kappa shape index (κ1) is 16.2. The van der Waals surface area contributed by atoms with E-state index in [1.165, 1.54) is 18.0 Å². The lowest BCUT2D eigenvalue weighted by molar-refractivity contribution is 0.324. The molecule has 3 aromatic rings. The Bertz CT molecular complexity index is 778. The van der Waals surface area contributed by atoms with Crippen molar-refractivity contribution in [2.24, 2.45) is 0 Å². The average molecular weight is 349 g/mol. The minimum absolute atomic E-state index is 0.358. The molecular formula is C15H15N3O5S. The molecule has 2 aromatic heterocycles. The third-order valence-electron chi connectivity index (χ3n) is 3.15. The van der Waals surface area contributed by atoms with Crippen LogP contribution in [0.3, 0.4) is 0 Å². The summed E-state index contributed by atoms with van der Waals surface area (Å²) in [7, 11) is 4.65. The zero-order valence-electron chi connectivity index (χ0n) is 13.3. The third kappa shape index (κ3) is 3.30. The van der Waals surface area contributed by atoms with Gasteiger partial charge in [-0.15, -0.1) is 10.2 Å². The van der Waals surface area contributed by atoms with Gasteiger partial charge in [0.15, 0.2) is 11.5 Å². The molecule has 0 aliphatic rings. The number of rotatable bonds is 7. The largest absolute Gasteiger partial charge is 0.493 e. The lowest BCUT2D eigenvalue weighted by Crippen LogP contribution is -1.95. The summed E-state index contributed by atoms with van der Waals surface area (Å²) in [6, 6.07) is 5.28. The van der Waals surface area contributed by atoms with Crippen LogP contribution in [-0.2, 0) is 5.75 Å². The number of ether oxygens (including phenoxy) is 3. The van der Waals surface area contributed by atoms with Crippen molar-refractivity contribution in [2.45, 2.75) is 11.0 Å². The molecule has 9 heteroatoms. The number of hydrogen-bond donors (Lipinski definition) is 0. The van der Waals surface area contributed by atoms with E-state index in [4.69, 9.17) is 23.2 Å². The lowest BCUT2D eigenvalue weighted by atomic mass is 10.2. The van der Waals surface area contributed by atoms with E-state index in [0.29, 0.717) is 39.7 Å². The Morgan fingerprint density at radius 2 is 1.79 bits per heavy atom. The molecule has 0 unspecified atom stereocenters. The molecule has 0 atom stereocenters. The maximum atomic E-state index is 5.67. The molecule has 126 valence electrons. The van der Waals surface area contributed by atoms with Crippen LogP contribution in [0, 0.1) is 0 Å². The Labute approximate surface area is 142 Å². The van der Waals surface area contributed by atoms with Crippen LogP contribution in [0.4, 0.5) is 0 Å². The fourth-order valence-corrected chi connectivity index (χ4v) is 2.69. The van der Waals surface area contributed by atoms with E-state index in [2.05, 4.69) is 15.4 Å². The quantitative estimate of drug-likeness (QED) is 0.597. The van der Waals surface area contributed by atoms with Gasteiger partial charge in [-0.1, -0.05) is 16.9 Å². The standard InChI is InChI=1S/C15H15N3O5S/c1-19-11-6-9(7-12(20-2)13(11)21-3)14-16-17-15(23-14)24-8-10-4-5-22-18-10/h4-7H,8H2,1-3H3. The molecule has 0 fully saturated rings. The number of nitrogens with zero attached hydrogens (tertiary/aromatic N) is 3. The van der Waals surface area contributed by atoms with Crippen LogP contribution in [0.2, 0.25) is 0 Å². The van der Waals surface area contributed by atoms with Gasteiger partial charge in [-0.05, 0) is 12.1 Å². The Kier molecular flexibility index (Phi) is 4.90. The molecule has 3 rings (SSSR count). The van der Waals surface area contributed by atoms with E-state index in [0.717, 1.165) is 5.69 Å². The molecule has 0 saturated carbocycles. The second-order valence-corrected chi connectivity index (χ2v) is 5.49. The Morgan fingerprint density at radius 1 is 1.04 bits per heavy atom. The molecule has 0 saturated heterocycles. The van der Waals surface area contributed by atoms with E-state index in [-0.39, 0.29) is 0 Å². The maximum absolute atomic E-state index is 5.67. The summed E-state index contributed by atoms with van der Waals surface area (Å²) in [6.07, 6.45) is 1.52. The highest BCUT2D eigenvalue weighted by Gasteiger charge is 2.17. The molecule has 8 nitrogen and oxygen atoms in total. The monoisotopic (exact) mass is 349 g/mol. The van der Waals surface area contributed by atoms with E-state index < -0.39 is 0 Å². The van der Waals surface area contributed by atoms with Crippen molar-refractivity contribution in [3.05, 3.63) is 30.2 Å². The van der Waals surface area contributed by atoms with Crippen molar-refractivity contribution in [3.8, 4) is 28.7 Å². The molecule has 0 bridgehead atoms. The number of methoxy groups -OCH3 is 3. The van der Waals surface area contributed by atoms with E-state index >= 15 is 0 Å². The molecule has 24 heavy (non-hydrogen) atoms. The van der Waals surface area contributed by atoms with Crippen LogP contribution < -0.4 is 14.2 Å². The predicted octanol–water partition coefficient (Wildman–Crippen LogP) is 3.04. The van der Waals surface area contributed by atoms with Crippen LogP contribution in [0.5, 0.6) is 17.2 Å². The fourth-order valence-electron chi connectivity index (χ4n) is 2.04. The summed E-state index contributed by atoms with van der Waals surface area (Å²) in [5.41, 5.74) is 1.47. The molecule has 0 radical (unpaired) electrons. The molecular weight excluding hydrogens is 334 g/mol. The van der Waals surface area contributed by atoms with Gasteiger partial charge in [0.2, 0.25) is 11.6 Å². The van der Waals surface area contributed by atoms with Crippen molar-refractivity contribution < 1.29 is 23.2 Å². The minimum Gasteiger partial charge on any atom is -0.493 e. The fraction of sp³-hybridized carbons (Fsp3) is 0.267. The van der Waals surface area contributed by atoms with Crippen molar-refractivity contribution >= 4 is 11.8 Å². The van der Waals surface area contributed by atoms with Gasteiger partial charge in [0.1, 0.15) is 6.26 Å². The first-order chi connectivity index (χ1) is 11.7. The van der Waals surface area contributed by atoms with Gasteiger partial charge >= 0.3 is 0 Å². The predicted molar refractivity (Wildman–Crippen MR) is 85.5 cm³/mol. The summed E-state index contributed by atoms with van der Waals surface area (Å²) in [6.45, 7) is 0. The van der Waals surface area contributed by atoms with Crippen molar-refractivity contribution in [3.63, 3.8) is 0 Å². The summed E-state index contributed by atoms with van der Waals surface area (Å²) in [4.78, 5) is 0. The van der Waals surface area contributed by atoms with Crippen molar-refractivity contribution in [1.29, 1.82) is 0 Å². The van der Waals surface area contributed by atoms with E-state index in [9.17, 15) is 0 Å². The maximum Gasteiger partial charge on any atom is 0.277 e. The first-order valence-corrected chi connectivity index (χ1v) is 7.89. The average Bonchev–Trinajstić information content (AvgIpc) is 3.30. The van der Waals surface area contributed by atoms with Crippen LogP contribution in [0.25, 0.3) is 11.5 Å². The first-order valence-electron chi connectivity index (χ1n) is 6.91. The molecule has 0 N–H and O–H groups in total. The number of thioether (sulfide) groups is 1. The molecule has 0 aliphatic heterocycles. The minimum atomic E-state index is 0.358. The zero-order chi connectivity index (χ0) is 16.9. The zero-order valence-corrected chi connectivity index (χ0v) is 14.1. The van der Waals surface area contributed by atoms with Gasteiger partial charge in [-0.3, -0.25) is 0 Å². The highest BCUT2D eigenvalue weighted by atomic mass is 32.2. The highest BCUT2D eigenvalue weighted by Crippen LogP contribution is 2.41. The SMILES string of the molecule is COc1cc(-c2nnc(SCc3ccon3)o2)cc(OC)c1OC. The molecule has 2 heterocycles. The number of hydrogen-bond acceptors (Lipinski definition) is 9. The highest BCUT2D eigenvalue weighted by molar-refractivity contribution is 7.98. The van der Waals surface area contributed by atoms with E-state index in [1.807, 2.05) is 0 Å². The van der Waals surface area contributed by atoms with Crippen LogP contribution in [0.15, 0.2) is 38.6 Å². The summed E-state index contributed by atoms with van der Waals surface area (Å²) >= 11 is 1.37. The number of benzene rings is 1. The number of aromatic nitrogens is 3. The molecule has 0 spiro atoms. The third-order valence-corrected chi connectivity index (χ3v) is 4.00. The van der Waals surface area contributed by atoms with Gasteiger partial charge < -0.3 is 23.2 Å². The van der Waals surface area contributed by atoms with Crippen LogP contribution >= 0.6 is 11.8 Å². The topological polar surface area (TPSA) is 92.6 Å². The van der Waals surface area contributed by atoms with Gasteiger partial charge in [0, 0.05) is 17.4 Å². The van der Waals surface area contributed by atoms with Crippen molar-refractivity contribution in [1.82, 2.24) is 15.4 Å². The lowest BCUT2D eigenvalue weighted by Gasteiger charge is -2.12. The van der Waals surface area contributed by atoms with Crippen molar-refractivity contribution in [2.75, 3.05) is 21.3 Å².